The highest BCUT2D eigenvalue weighted by Crippen LogP contribution is 2.22. The Balaban J connectivity index is 1.58. The molecule has 1 atom stereocenters. The second-order valence-corrected chi connectivity index (χ2v) is 7.38. The van der Waals surface area contributed by atoms with Crippen LogP contribution in [0.1, 0.15) is 55.3 Å². The lowest BCUT2D eigenvalue weighted by Crippen LogP contribution is -2.47. The molecule has 0 aromatic heterocycles. The van der Waals surface area contributed by atoms with E-state index in [-0.39, 0.29) is 17.7 Å². The Kier molecular flexibility index (Phi) is 5.77. The van der Waals surface area contributed by atoms with Gasteiger partial charge in [0.15, 0.2) is 0 Å². The summed E-state index contributed by atoms with van der Waals surface area (Å²) in [5.74, 6) is 0.0225. The van der Waals surface area contributed by atoms with Crippen LogP contribution in [0.5, 0.6) is 0 Å². The highest BCUT2D eigenvalue weighted by atomic mass is 35.5. The molecule has 1 N–H and O–H groups in total. The minimum Gasteiger partial charge on any atom is -0.353 e. The zero-order chi connectivity index (χ0) is 16.9. The molecule has 1 unspecified atom stereocenters. The lowest BCUT2D eigenvalue weighted by Gasteiger charge is -2.33. The van der Waals surface area contributed by atoms with Gasteiger partial charge in [-0.2, -0.15) is 0 Å². The van der Waals surface area contributed by atoms with Crippen molar-refractivity contribution < 1.29 is 9.59 Å². The van der Waals surface area contributed by atoms with Gasteiger partial charge in [-0.3, -0.25) is 9.59 Å². The summed E-state index contributed by atoms with van der Waals surface area (Å²) in [6.07, 6.45) is 7.61. The first kappa shape index (κ1) is 17.3. The lowest BCUT2D eigenvalue weighted by molar-refractivity contribution is -0.127. The van der Waals surface area contributed by atoms with Gasteiger partial charge in [0, 0.05) is 29.7 Å². The molecule has 24 heavy (non-hydrogen) atoms. The molecule has 0 spiro atoms. The van der Waals surface area contributed by atoms with E-state index >= 15 is 0 Å². The monoisotopic (exact) mass is 348 g/mol. The second-order valence-electron chi connectivity index (χ2n) is 6.94. The van der Waals surface area contributed by atoms with Gasteiger partial charge >= 0.3 is 0 Å². The summed E-state index contributed by atoms with van der Waals surface area (Å²) in [7, 11) is 0. The van der Waals surface area contributed by atoms with Crippen LogP contribution in [0.25, 0.3) is 0 Å². The summed E-state index contributed by atoms with van der Waals surface area (Å²) < 4.78 is 0. The molecule has 130 valence electrons. The molecule has 4 nitrogen and oxygen atoms in total. The second kappa shape index (κ2) is 8.02. The number of nitrogens with zero attached hydrogens (tertiary/aromatic N) is 1. The van der Waals surface area contributed by atoms with E-state index in [1.807, 2.05) is 0 Å². The maximum absolute atomic E-state index is 12.6. The Bertz CT molecular complexity index is 582. The molecule has 0 bridgehead atoms. The van der Waals surface area contributed by atoms with Crippen LogP contribution in [0.2, 0.25) is 5.02 Å². The molecule has 1 aromatic rings. The Morgan fingerprint density at radius 1 is 1.00 bits per heavy atom. The maximum Gasteiger partial charge on any atom is 0.253 e. The summed E-state index contributed by atoms with van der Waals surface area (Å²) in [5, 5.41) is 3.82. The summed E-state index contributed by atoms with van der Waals surface area (Å²) >= 11 is 5.88. The number of carbonyl (C=O) groups excluding carboxylic acids is 2. The highest BCUT2D eigenvalue weighted by Gasteiger charge is 2.30. The van der Waals surface area contributed by atoms with Crippen molar-refractivity contribution in [2.24, 2.45) is 5.92 Å². The number of halogens is 1. The molecular formula is C19H25ClN2O2. The smallest absolute Gasteiger partial charge is 0.253 e. The number of piperidine rings is 1. The van der Waals surface area contributed by atoms with Gasteiger partial charge in [0.05, 0.1) is 5.92 Å². The average Bonchev–Trinajstić information content (AvgIpc) is 2.63. The molecule has 3 rings (SSSR count). The number of nitrogens with one attached hydrogen (secondary N) is 1. The Hall–Kier alpha value is -1.55. The fourth-order valence-electron chi connectivity index (χ4n) is 3.72. The van der Waals surface area contributed by atoms with Gasteiger partial charge in [0.25, 0.3) is 5.91 Å². The standard InChI is InChI=1S/C19H25ClN2O2/c20-16-10-8-14(9-11-16)19(24)22-12-4-5-15(13-22)18(23)21-17-6-2-1-3-7-17/h8-11,15,17H,1-7,12-13H2,(H,21,23). The third-order valence-corrected chi connectivity index (χ3v) is 5.37. The first-order valence-corrected chi connectivity index (χ1v) is 9.36. The molecule has 2 amide bonds. The van der Waals surface area contributed by atoms with E-state index in [9.17, 15) is 9.59 Å². The van der Waals surface area contributed by atoms with Gasteiger partial charge in [-0.25, -0.2) is 0 Å². The van der Waals surface area contributed by atoms with E-state index < -0.39 is 0 Å². The van der Waals surface area contributed by atoms with Gasteiger partial charge in [-0.15, -0.1) is 0 Å². The molecule has 2 fully saturated rings. The zero-order valence-electron chi connectivity index (χ0n) is 14.0. The van der Waals surface area contributed by atoms with Crippen molar-refractivity contribution in [2.45, 2.75) is 51.0 Å². The number of hydrogen-bond donors (Lipinski definition) is 1. The SMILES string of the molecule is O=C(NC1CCCCC1)C1CCCN(C(=O)c2ccc(Cl)cc2)C1. The van der Waals surface area contributed by atoms with E-state index in [2.05, 4.69) is 5.32 Å². The number of benzene rings is 1. The van der Waals surface area contributed by atoms with Crippen LogP contribution in [0, 0.1) is 5.92 Å². The van der Waals surface area contributed by atoms with Crippen LogP contribution in [0.3, 0.4) is 0 Å². The van der Waals surface area contributed by atoms with Gasteiger partial charge in [-0.05, 0) is 49.9 Å². The summed E-state index contributed by atoms with van der Waals surface area (Å²) in [5.41, 5.74) is 0.632. The molecule has 1 saturated heterocycles. The van der Waals surface area contributed by atoms with Crippen molar-refractivity contribution in [1.82, 2.24) is 10.2 Å². The molecule has 1 heterocycles. The molecule has 0 radical (unpaired) electrons. The molecule has 1 aliphatic carbocycles. The van der Waals surface area contributed by atoms with Crippen molar-refractivity contribution in [3.63, 3.8) is 0 Å². The van der Waals surface area contributed by atoms with Crippen LogP contribution in [0.4, 0.5) is 0 Å². The Labute approximate surface area is 148 Å². The maximum atomic E-state index is 12.6. The van der Waals surface area contributed by atoms with E-state index in [0.717, 1.165) is 25.7 Å². The van der Waals surface area contributed by atoms with E-state index in [0.29, 0.717) is 29.7 Å². The first-order valence-electron chi connectivity index (χ1n) is 8.99. The van der Waals surface area contributed by atoms with Gasteiger partial charge < -0.3 is 10.2 Å². The highest BCUT2D eigenvalue weighted by molar-refractivity contribution is 6.30. The lowest BCUT2D eigenvalue weighted by atomic mass is 9.93. The number of likely N-dealkylation sites (tertiary alicyclic amines) is 1. The molecule has 2 aliphatic rings. The van der Waals surface area contributed by atoms with Crippen molar-refractivity contribution in [2.75, 3.05) is 13.1 Å². The van der Waals surface area contributed by atoms with Crippen LogP contribution in [0.15, 0.2) is 24.3 Å². The number of carbonyl (C=O) groups is 2. The van der Waals surface area contributed by atoms with Crippen LogP contribution >= 0.6 is 11.6 Å². The topological polar surface area (TPSA) is 49.4 Å². The predicted molar refractivity (Wildman–Crippen MR) is 95.1 cm³/mol. The molecule has 1 saturated carbocycles. The molecule has 1 aliphatic heterocycles. The Morgan fingerprint density at radius 2 is 1.71 bits per heavy atom. The van der Waals surface area contributed by atoms with Crippen molar-refractivity contribution in [3.05, 3.63) is 34.9 Å². The Morgan fingerprint density at radius 3 is 2.42 bits per heavy atom. The molecule has 5 heteroatoms. The third kappa shape index (κ3) is 4.29. The van der Waals surface area contributed by atoms with Gasteiger partial charge in [-0.1, -0.05) is 30.9 Å². The largest absolute Gasteiger partial charge is 0.353 e. The van der Waals surface area contributed by atoms with Crippen LogP contribution in [-0.4, -0.2) is 35.8 Å². The quantitative estimate of drug-likeness (QED) is 0.906. The minimum absolute atomic E-state index is 0.0122. The summed E-state index contributed by atoms with van der Waals surface area (Å²) in [6.45, 7) is 1.23. The first-order chi connectivity index (χ1) is 11.6. The van der Waals surface area contributed by atoms with E-state index in [1.54, 1.807) is 29.2 Å². The number of hydrogen-bond acceptors (Lipinski definition) is 2. The normalized spacial score (nSPS) is 22.2. The van der Waals surface area contributed by atoms with E-state index in [4.69, 9.17) is 11.6 Å². The van der Waals surface area contributed by atoms with Crippen LogP contribution < -0.4 is 5.32 Å². The fraction of sp³-hybridized carbons (Fsp3) is 0.579. The predicted octanol–water partition coefficient (Wildman–Crippen LogP) is 3.64. The van der Waals surface area contributed by atoms with Crippen molar-refractivity contribution in [3.8, 4) is 0 Å². The minimum atomic E-state index is -0.0862. The van der Waals surface area contributed by atoms with Crippen LogP contribution in [-0.2, 0) is 4.79 Å². The molecule has 1 aromatic carbocycles. The number of amides is 2. The van der Waals surface area contributed by atoms with Gasteiger partial charge in [0.1, 0.15) is 0 Å². The average molecular weight is 349 g/mol. The number of rotatable bonds is 3. The zero-order valence-corrected chi connectivity index (χ0v) is 14.7. The summed E-state index contributed by atoms with van der Waals surface area (Å²) in [4.78, 5) is 27.0. The molecular weight excluding hydrogens is 324 g/mol. The van der Waals surface area contributed by atoms with Crippen molar-refractivity contribution in [1.29, 1.82) is 0 Å². The van der Waals surface area contributed by atoms with Gasteiger partial charge in [0.2, 0.25) is 5.91 Å². The third-order valence-electron chi connectivity index (χ3n) is 5.12. The van der Waals surface area contributed by atoms with Crippen molar-refractivity contribution >= 4 is 23.4 Å². The van der Waals surface area contributed by atoms with E-state index in [1.165, 1.54) is 19.3 Å². The fourth-order valence-corrected chi connectivity index (χ4v) is 3.84. The summed E-state index contributed by atoms with van der Waals surface area (Å²) in [6, 6.07) is 7.28.